The maximum atomic E-state index is 14.3. The van der Waals surface area contributed by atoms with Gasteiger partial charge in [-0.15, -0.1) is 0 Å². The summed E-state index contributed by atoms with van der Waals surface area (Å²) in [5.74, 6) is -0.911. The molecule has 1 N–H and O–H groups in total. The topological polar surface area (TPSA) is 64.6 Å². The van der Waals surface area contributed by atoms with Gasteiger partial charge in [0.05, 0.1) is 19.8 Å². The lowest BCUT2D eigenvalue weighted by Gasteiger charge is -2.16. The van der Waals surface area contributed by atoms with Crippen molar-refractivity contribution in [1.29, 1.82) is 0 Å². The van der Waals surface area contributed by atoms with Crippen LogP contribution in [0.4, 0.5) is 4.39 Å². The molecule has 3 rings (SSSR count). The van der Waals surface area contributed by atoms with Gasteiger partial charge in [0.2, 0.25) is 0 Å². The second-order valence-corrected chi connectivity index (χ2v) is 6.49. The number of carbonyl (C=O) groups is 2. The van der Waals surface area contributed by atoms with Crippen LogP contribution >= 0.6 is 0 Å². The Morgan fingerprint density at radius 3 is 2.48 bits per heavy atom. The lowest BCUT2D eigenvalue weighted by molar-refractivity contribution is 0.0596. The minimum absolute atomic E-state index is 0.0106. The average molecular weight is 371 g/mol. The lowest BCUT2D eigenvalue weighted by atomic mass is 9.93. The Labute approximate surface area is 157 Å². The Morgan fingerprint density at radius 1 is 1.11 bits per heavy atom. The summed E-state index contributed by atoms with van der Waals surface area (Å²) in [6.45, 7) is 0. The first-order valence-corrected chi connectivity index (χ1v) is 8.80. The molecule has 0 fully saturated rings. The molecular formula is C21H22FNO4. The zero-order valence-corrected chi connectivity index (χ0v) is 15.6. The summed E-state index contributed by atoms with van der Waals surface area (Å²) in [5.41, 5.74) is 4.26. The molecule has 1 aliphatic carbocycles. The third-order valence-corrected chi connectivity index (χ3v) is 4.95. The number of amides is 1. The van der Waals surface area contributed by atoms with E-state index in [0.717, 1.165) is 41.5 Å². The van der Waals surface area contributed by atoms with Crippen molar-refractivity contribution in [2.24, 2.45) is 0 Å². The van der Waals surface area contributed by atoms with E-state index in [9.17, 15) is 14.0 Å². The molecule has 142 valence electrons. The van der Waals surface area contributed by atoms with Crippen LogP contribution in [-0.2, 0) is 24.0 Å². The van der Waals surface area contributed by atoms with Gasteiger partial charge in [-0.05, 0) is 66.1 Å². The lowest BCUT2D eigenvalue weighted by Crippen LogP contribution is -2.19. The van der Waals surface area contributed by atoms with Crippen LogP contribution in [0.1, 0.15) is 49.4 Å². The second-order valence-electron chi connectivity index (χ2n) is 6.49. The Kier molecular flexibility index (Phi) is 5.44. The van der Waals surface area contributed by atoms with Crippen LogP contribution in [-0.4, -0.2) is 33.1 Å². The molecule has 0 heterocycles. The van der Waals surface area contributed by atoms with E-state index in [1.807, 2.05) is 0 Å². The summed E-state index contributed by atoms with van der Waals surface area (Å²) in [6.07, 6.45) is 3.16. The fourth-order valence-electron chi connectivity index (χ4n) is 3.70. The summed E-state index contributed by atoms with van der Waals surface area (Å²) >= 11 is 0. The molecule has 0 atom stereocenters. The van der Waals surface area contributed by atoms with Gasteiger partial charge in [-0.3, -0.25) is 4.79 Å². The highest BCUT2D eigenvalue weighted by atomic mass is 19.1. The third kappa shape index (κ3) is 3.52. The van der Waals surface area contributed by atoms with Crippen LogP contribution in [0.5, 0.6) is 5.75 Å². The molecule has 1 aliphatic rings. The van der Waals surface area contributed by atoms with E-state index >= 15 is 0 Å². The zero-order chi connectivity index (χ0) is 19.6. The molecule has 0 radical (unpaired) electrons. The quantitative estimate of drug-likeness (QED) is 0.821. The number of ether oxygens (including phenoxy) is 2. The van der Waals surface area contributed by atoms with Crippen molar-refractivity contribution in [3.05, 3.63) is 63.5 Å². The van der Waals surface area contributed by atoms with Gasteiger partial charge in [-0.2, -0.15) is 0 Å². The smallest absolute Gasteiger partial charge is 0.341 e. The fraction of sp³-hybridized carbons (Fsp3) is 0.333. The fourth-order valence-corrected chi connectivity index (χ4v) is 3.70. The molecule has 27 heavy (non-hydrogen) atoms. The van der Waals surface area contributed by atoms with E-state index < -0.39 is 17.7 Å². The molecule has 0 aliphatic heterocycles. The number of carbonyl (C=O) groups excluding carboxylic acids is 2. The average Bonchev–Trinajstić information content (AvgIpc) is 3.16. The zero-order valence-electron chi connectivity index (χ0n) is 15.6. The van der Waals surface area contributed by atoms with E-state index in [2.05, 4.69) is 5.32 Å². The molecule has 5 nitrogen and oxygen atoms in total. The van der Waals surface area contributed by atoms with Gasteiger partial charge in [0.1, 0.15) is 17.1 Å². The number of benzene rings is 2. The molecule has 0 aromatic heterocycles. The first kappa shape index (κ1) is 18.9. The number of halogens is 1. The van der Waals surface area contributed by atoms with Crippen molar-refractivity contribution in [1.82, 2.24) is 5.32 Å². The highest BCUT2D eigenvalue weighted by molar-refractivity contribution is 5.94. The minimum Gasteiger partial charge on any atom is -0.496 e. The molecule has 0 saturated heterocycles. The molecule has 2 aromatic rings. The van der Waals surface area contributed by atoms with E-state index in [4.69, 9.17) is 9.47 Å². The highest BCUT2D eigenvalue weighted by Crippen LogP contribution is 2.37. The van der Waals surface area contributed by atoms with Crippen LogP contribution in [0.15, 0.2) is 24.3 Å². The Hall–Kier alpha value is -2.89. The Bertz CT molecular complexity index is 908. The first-order valence-electron chi connectivity index (χ1n) is 8.80. The van der Waals surface area contributed by atoms with Crippen molar-refractivity contribution >= 4 is 11.9 Å². The van der Waals surface area contributed by atoms with Crippen molar-refractivity contribution in [2.45, 2.75) is 25.7 Å². The number of rotatable bonds is 5. The van der Waals surface area contributed by atoms with Crippen LogP contribution in [0, 0.1) is 5.82 Å². The number of esters is 1. The van der Waals surface area contributed by atoms with E-state index in [1.54, 1.807) is 19.2 Å². The van der Waals surface area contributed by atoms with Crippen molar-refractivity contribution in [3.63, 3.8) is 0 Å². The van der Waals surface area contributed by atoms with Gasteiger partial charge < -0.3 is 14.8 Å². The van der Waals surface area contributed by atoms with Gasteiger partial charge in [0, 0.05) is 7.05 Å². The number of methoxy groups -OCH3 is 2. The molecule has 1 amide bonds. The molecular weight excluding hydrogens is 349 g/mol. The van der Waals surface area contributed by atoms with Crippen molar-refractivity contribution in [2.75, 3.05) is 21.3 Å². The standard InChI is InChI=1S/C21H22FNO4/c1-23-20(24)16-8-7-12(10-18(16)22)9-13-11-17(21(25)27-3)19(26-2)15-6-4-5-14(13)15/h7-8,10-11H,4-6,9H2,1-3H3,(H,23,24). The molecule has 0 bridgehead atoms. The Morgan fingerprint density at radius 2 is 1.85 bits per heavy atom. The molecule has 2 aromatic carbocycles. The first-order chi connectivity index (χ1) is 13.0. The molecule has 6 heteroatoms. The second kappa shape index (κ2) is 7.78. The monoisotopic (exact) mass is 371 g/mol. The SMILES string of the molecule is CNC(=O)c1ccc(Cc2cc(C(=O)OC)c(OC)c3c2CCC3)cc1F. The summed E-state index contributed by atoms with van der Waals surface area (Å²) in [5, 5.41) is 2.42. The van der Waals surface area contributed by atoms with Gasteiger partial charge in [-0.1, -0.05) is 6.07 Å². The van der Waals surface area contributed by atoms with Crippen molar-refractivity contribution in [3.8, 4) is 5.75 Å². The summed E-state index contributed by atoms with van der Waals surface area (Å²) < 4.78 is 24.7. The van der Waals surface area contributed by atoms with Crippen LogP contribution in [0.25, 0.3) is 0 Å². The summed E-state index contributed by atoms with van der Waals surface area (Å²) in [4.78, 5) is 23.9. The van der Waals surface area contributed by atoms with Gasteiger partial charge in [0.25, 0.3) is 5.91 Å². The third-order valence-electron chi connectivity index (χ3n) is 4.95. The number of nitrogens with one attached hydrogen (secondary N) is 1. The highest BCUT2D eigenvalue weighted by Gasteiger charge is 2.26. The largest absolute Gasteiger partial charge is 0.496 e. The number of fused-ring (bicyclic) bond motifs is 1. The maximum Gasteiger partial charge on any atom is 0.341 e. The minimum atomic E-state index is -0.565. The normalized spacial score (nSPS) is 12.4. The van der Waals surface area contributed by atoms with Crippen LogP contribution in [0.3, 0.4) is 0 Å². The van der Waals surface area contributed by atoms with Gasteiger partial charge in [0.15, 0.2) is 0 Å². The van der Waals surface area contributed by atoms with Crippen LogP contribution in [0.2, 0.25) is 0 Å². The van der Waals surface area contributed by atoms with Crippen LogP contribution < -0.4 is 10.1 Å². The molecule has 0 spiro atoms. The maximum absolute atomic E-state index is 14.3. The molecule has 0 saturated carbocycles. The van der Waals surface area contributed by atoms with E-state index in [-0.39, 0.29) is 5.56 Å². The predicted molar refractivity (Wildman–Crippen MR) is 99.0 cm³/mol. The Balaban J connectivity index is 2.03. The van der Waals surface area contributed by atoms with Gasteiger partial charge >= 0.3 is 5.97 Å². The van der Waals surface area contributed by atoms with E-state index in [0.29, 0.717) is 17.7 Å². The van der Waals surface area contributed by atoms with Gasteiger partial charge in [-0.25, -0.2) is 9.18 Å². The summed E-state index contributed by atoms with van der Waals surface area (Å²) in [6, 6.07) is 6.36. The summed E-state index contributed by atoms with van der Waals surface area (Å²) in [7, 11) is 4.35. The predicted octanol–water partition coefficient (Wildman–Crippen LogP) is 3.06. The van der Waals surface area contributed by atoms with Crippen molar-refractivity contribution < 1.29 is 23.5 Å². The number of hydrogen-bond acceptors (Lipinski definition) is 4. The number of hydrogen-bond donors (Lipinski definition) is 1. The molecule has 0 unspecified atom stereocenters. The van der Waals surface area contributed by atoms with E-state index in [1.165, 1.54) is 26.3 Å².